The predicted molar refractivity (Wildman–Crippen MR) is 54.1 cm³/mol. The lowest BCUT2D eigenvalue weighted by atomic mass is 10.2. The molecule has 0 amide bonds. The van der Waals surface area contributed by atoms with Crippen LogP contribution in [-0.2, 0) is 6.54 Å². The molecule has 1 aromatic rings. The standard InChI is InChI=1S/C11H13FN2/c1-3-4-7-13-8-10-5-6-11(12)14-9(10)2/h5-6,13H,7-8H2,1-2H3. The zero-order chi connectivity index (χ0) is 10.4. The van der Waals surface area contributed by atoms with Gasteiger partial charge in [-0.1, -0.05) is 12.0 Å². The molecule has 0 radical (unpaired) electrons. The second-order valence-electron chi connectivity index (χ2n) is 2.91. The number of nitrogens with one attached hydrogen (secondary N) is 1. The summed E-state index contributed by atoms with van der Waals surface area (Å²) in [6, 6.07) is 3.11. The number of aromatic nitrogens is 1. The van der Waals surface area contributed by atoms with Crippen LogP contribution in [0.15, 0.2) is 12.1 Å². The highest BCUT2D eigenvalue weighted by Crippen LogP contribution is 2.05. The third-order valence-electron chi connectivity index (χ3n) is 1.87. The molecular formula is C11H13FN2. The van der Waals surface area contributed by atoms with Gasteiger partial charge in [-0.05, 0) is 25.5 Å². The average molecular weight is 192 g/mol. The molecule has 0 aliphatic heterocycles. The molecule has 74 valence electrons. The zero-order valence-corrected chi connectivity index (χ0v) is 8.39. The number of hydrogen-bond acceptors (Lipinski definition) is 2. The molecule has 0 aliphatic rings. The Morgan fingerprint density at radius 1 is 1.50 bits per heavy atom. The Morgan fingerprint density at radius 2 is 2.29 bits per heavy atom. The van der Waals surface area contributed by atoms with Crippen LogP contribution in [0.25, 0.3) is 0 Å². The fourth-order valence-electron chi connectivity index (χ4n) is 1.09. The lowest BCUT2D eigenvalue weighted by Crippen LogP contribution is -2.14. The predicted octanol–water partition coefficient (Wildman–Crippen LogP) is 1.64. The van der Waals surface area contributed by atoms with Crippen molar-refractivity contribution in [2.24, 2.45) is 0 Å². The summed E-state index contributed by atoms with van der Waals surface area (Å²) in [4.78, 5) is 3.73. The van der Waals surface area contributed by atoms with E-state index in [9.17, 15) is 4.39 Å². The number of rotatable bonds is 3. The van der Waals surface area contributed by atoms with E-state index >= 15 is 0 Å². The molecule has 0 atom stereocenters. The van der Waals surface area contributed by atoms with Crippen molar-refractivity contribution in [3.63, 3.8) is 0 Å². The first-order valence-corrected chi connectivity index (χ1v) is 4.46. The Balaban J connectivity index is 2.53. The molecule has 0 bridgehead atoms. The van der Waals surface area contributed by atoms with Gasteiger partial charge < -0.3 is 5.32 Å². The molecule has 0 aliphatic carbocycles. The Kier molecular flexibility index (Phi) is 4.09. The van der Waals surface area contributed by atoms with Crippen LogP contribution in [0.4, 0.5) is 4.39 Å². The number of aryl methyl sites for hydroxylation is 1. The van der Waals surface area contributed by atoms with Gasteiger partial charge >= 0.3 is 0 Å². The van der Waals surface area contributed by atoms with Crippen molar-refractivity contribution in [3.8, 4) is 11.8 Å². The molecule has 1 heterocycles. The highest BCUT2D eigenvalue weighted by molar-refractivity contribution is 5.18. The van der Waals surface area contributed by atoms with Gasteiger partial charge in [0.15, 0.2) is 0 Å². The second-order valence-corrected chi connectivity index (χ2v) is 2.91. The summed E-state index contributed by atoms with van der Waals surface area (Å²) in [5.41, 5.74) is 1.73. The van der Waals surface area contributed by atoms with Gasteiger partial charge in [0.25, 0.3) is 0 Å². The first-order valence-electron chi connectivity index (χ1n) is 4.46. The van der Waals surface area contributed by atoms with Gasteiger partial charge in [0.2, 0.25) is 5.95 Å². The zero-order valence-electron chi connectivity index (χ0n) is 8.39. The normalized spacial score (nSPS) is 9.36. The minimum Gasteiger partial charge on any atom is -0.302 e. The highest BCUT2D eigenvalue weighted by atomic mass is 19.1. The van der Waals surface area contributed by atoms with Gasteiger partial charge in [0.05, 0.1) is 6.54 Å². The van der Waals surface area contributed by atoms with E-state index in [-0.39, 0.29) is 0 Å². The average Bonchev–Trinajstić information content (AvgIpc) is 2.15. The summed E-state index contributed by atoms with van der Waals surface area (Å²) < 4.78 is 12.6. The van der Waals surface area contributed by atoms with Crippen molar-refractivity contribution >= 4 is 0 Å². The summed E-state index contributed by atoms with van der Waals surface area (Å²) in [7, 11) is 0. The molecule has 14 heavy (non-hydrogen) atoms. The summed E-state index contributed by atoms with van der Waals surface area (Å²) in [6.07, 6.45) is 0. The monoisotopic (exact) mass is 192 g/mol. The van der Waals surface area contributed by atoms with Crippen molar-refractivity contribution in [1.29, 1.82) is 0 Å². The van der Waals surface area contributed by atoms with Crippen molar-refractivity contribution in [2.75, 3.05) is 6.54 Å². The first kappa shape index (κ1) is 10.7. The quantitative estimate of drug-likeness (QED) is 0.447. The maximum Gasteiger partial charge on any atom is 0.213 e. The van der Waals surface area contributed by atoms with Crippen molar-refractivity contribution in [1.82, 2.24) is 10.3 Å². The van der Waals surface area contributed by atoms with E-state index < -0.39 is 5.95 Å². The minimum absolute atomic E-state index is 0.431. The van der Waals surface area contributed by atoms with Crippen LogP contribution in [0.3, 0.4) is 0 Å². The van der Waals surface area contributed by atoms with Gasteiger partial charge in [-0.15, -0.1) is 5.92 Å². The number of nitrogens with zero attached hydrogens (tertiary/aromatic N) is 1. The molecule has 0 aromatic carbocycles. The smallest absolute Gasteiger partial charge is 0.213 e. The van der Waals surface area contributed by atoms with Crippen LogP contribution in [0.5, 0.6) is 0 Å². The fraction of sp³-hybridized carbons (Fsp3) is 0.364. The number of hydrogen-bond donors (Lipinski definition) is 1. The topological polar surface area (TPSA) is 24.9 Å². The highest BCUT2D eigenvalue weighted by Gasteiger charge is 1.99. The Bertz CT molecular complexity index is 363. The Morgan fingerprint density at radius 3 is 2.93 bits per heavy atom. The largest absolute Gasteiger partial charge is 0.302 e. The van der Waals surface area contributed by atoms with E-state index in [1.54, 1.807) is 19.9 Å². The lowest BCUT2D eigenvalue weighted by Gasteiger charge is -2.04. The molecule has 0 unspecified atom stereocenters. The number of halogens is 1. The first-order chi connectivity index (χ1) is 6.74. The molecular weight excluding hydrogens is 179 g/mol. The molecule has 0 fully saturated rings. The van der Waals surface area contributed by atoms with Crippen molar-refractivity contribution < 1.29 is 4.39 Å². The SMILES string of the molecule is CC#CCNCc1ccc(F)nc1C. The van der Waals surface area contributed by atoms with Gasteiger partial charge in [-0.3, -0.25) is 0 Å². The Labute approximate surface area is 83.6 Å². The van der Waals surface area contributed by atoms with E-state index in [1.807, 2.05) is 0 Å². The number of pyridine rings is 1. The van der Waals surface area contributed by atoms with E-state index in [4.69, 9.17) is 0 Å². The van der Waals surface area contributed by atoms with E-state index in [1.165, 1.54) is 6.07 Å². The third kappa shape index (κ3) is 3.15. The molecule has 1 aromatic heterocycles. The minimum atomic E-state index is -0.431. The molecule has 2 nitrogen and oxygen atoms in total. The van der Waals surface area contributed by atoms with Crippen LogP contribution in [0.2, 0.25) is 0 Å². The summed E-state index contributed by atoms with van der Waals surface area (Å²) in [5, 5.41) is 3.13. The molecule has 0 saturated carbocycles. The van der Waals surface area contributed by atoms with Crippen molar-refractivity contribution in [3.05, 3.63) is 29.3 Å². The Hall–Kier alpha value is -1.40. The third-order valence-corrected chi connectivity index (χ3v) is 1.87. The van der Waals surface area contributed by atoms with Crippen LogP contribution in [-0.4, -0.2) is 11.5 Å². The maximum atomic E-state index is 12.6. The summed E-state index contributed by atoms with van der Waals surface area (Å²) in [6.45, 7) is 4.92. The van der Waals surface area contributed by atoms with E-state index in [0.29, 0.717) is 13.1 Å². The van der Waals surface area contributed by atoms with Crippen LogP contribution in [0, 0.1) is 24.7 Å². The lowest BCUT2D eigenvalue weighted by molar-refractivity contribution is 0.576. The second kappa shape index (κ2) is 5.36. The molecule has 0 spiro atoms. The molecule has 0 saturated heterocycles. The van der Waals surface area contributed by atoms with Crippen LogP contribution in [0.1, 0.15) is 18.2 Å². The van der Waals surface area contributed by atoms with E-state index in [0.717, 1.165) is 11.3 Å². The molecule has 1 N–H and O–H groups in total. The van der Waals surface area contributed by atoms with Crippen LogP contribution < -0.4 is 5.32 Å². The van der Waals surface area contributed by atoms with E-state index in [2.05, 4.69) is 22.1 Å². The molecule has 1 rings (SSSR count). The fourth-order valence-corrected chi connectivity index (χ4v) is 1.09. The van der Waals surface area contributed by atoms with Gasteiger partial charge in [-0.25, -0.2) is 4.98 Å². The molecule has 3 heteroatoms. The van der Waals surface area contributed by atoms with Gasteiger partial charge in [0, 0.05) is 12.2 Å². The summed E-state index contributed by atoms with van der Waals surface area (Å²) in [5.74, 6) is 5.25. The van der Waals surface area contributed by atoms with Crippen LogP contribution >= 0.6 is 0 Å². The van der Waals surface area contributed by atoms with Gasteiger partial charge in [0.1, 0.15) is 0 Å². The maximum absolute atomic E-state index is 12.6. The van der Waals surface area contributed by atoms with Crippen molar-refractivity contribution in [2.45, 2.75) is 20.4 Å². The van der Waals surface area contributed by atoms with Gasteiger partial charge in [-0.2, -0.15) is 4.39 Å². The summed E-state index contributed by atoms with van der Waals surface area (Å²) >= 11 is 0.